The molecule has 0 aromatic carbocycles. The minimum atomic E-state index is -6.30. The van der Waals surface area contributed by atoms with Crippen molar-refractivity contribution in [3.05, 3.63) is 0 Å². The van der Waals surface area contributed by atoms with E-state index in [1.807, 2.05) is 0 Å². The Morgan fingerprint density at radius 2 is 0.977 bits per heavy atom. The lowest BCUT2D eigenvalue weighted by Crippen LogP contribution is -2.87. The number of hydrogen-bond donors (Lipinski definition) is 2. The Kier molecular flexibility index (Phi) is 9.73. The molecule has 6 nitrogen and oxygen atoms in total. The first kappa shape index (κ1) is 38.9. The number of halogens is 14. The second kappa shape index (κ2) is 10.8. The third-order valence-corrected chi connectivity index (χ3v) is 7.65. The van der Waals surface area contributed by atoms with Gasteiger partial charge in [0.05, 0.1) is 17.3 Å². The number of alkyl halides is 14. The minimum absolute atomic E-state index is 0.0270. The van der Waals surface area contributed by atoms with Gasteiger partial charge in [-0.1, -0.05) is 13.8 Å². The fourth-order valence-electron chi connectivity index (χ4n) is 3.62. The van der Waals surface area contributed by atoms with Crippen molar-refractivity contribution >= 4 is 11.9 Å². The molecule has 0 saturated heterocycles. The third-order valence-electron chi connectivity index (χ3n) is 7.65. The van der Waals surface area contributed by atoms with Gasteiger partial charge in [-0.2, -0.15) is 52.7 Å². The maximum atomic E-state index is 13.8. The van der Waals surface area contributed by atoms with Crippen LogP contribution in [0, 0.1) is 10.8 Å². The lowest BCUT2D eigenvalue weighted by molar-refractivity contribution is -0.490. The van der Waals surface area contributed by atoms with Crippen LogP contribution in [-0.4, -0.2) is 81.6 Å². The van der Waals surface area contributed by atoms with Crippen LogP contribution in [-0.2, 0) is 19.1 Å². The Bertz CT molecular complexity index is 1050. The van der Waals surface area contributed by atoms with Gasteiger partial charge in [0.25, 0.3) is 17.1 Å². The first-order valence-electron chi connectivity index (χ1n) is 12.1. The van der Waals surface area contributed by atoms with Gasteiger partial charge in [0.15, 0.2) is 6.10 Å². The van der Waals surface area contributed by atoms with E-state index >= 15 is 0 Å². The van der Waals surface area contributed by atoms with E-state index in [-0.39, 0.29) is 12.8 Å². The number of rotatable bonds is 6. The molecule has 2 N–H and O–H groups in total. The van der Waals surface area contributed by atoms with Gasteiger partial charge in [0.1, 0.15) is 0 Å². The van der Waals surface area contributed by atoms with E-state index in [4.69, 9.17) is 10.2 Å². The zero-order chi connectivity index (χ0) is 34.8. The fourth-order valence-corrected chi connectivity index (χ4v) is 3.62. The number of aliphatic hydroxyl groups is 2. The zero-order valence-corrected chi connectivity index (χ0v) is 23.1. The highest BCUT2D eigenvalue weighted by atomic mass is 19.4. The lowest BCUT2D eigenvalue weighted by Gasteiger charge is -2.55. The van der Waals surface area contributed by atoms with E-state index in [1.54, 1.807) is 0 Å². The Labute approximate surface area is 234 Å². The molecule has 0 heterocycles. The molecule has 2 saturated carbocycles. The summed E-state index contributed by atoms with van der Waals surface area (Å²) in [7, 11) is 0. The molecule has 0 amide bonds. The van der Waals surface area contributed by atoms with Crippen molar-refractivity contribution in [1.82, 2.24) is 0 Å². The van der Waals surface area contributed by atoms with Crippen molar-refractivity contribution < 1.29 is 90.7 Å². The average Bonchev–Trinajstić information content (AvgIpc) is 2.97. The molecule has 0 aromatic rings. The minimum Gasteiger partial charge on any atom is -0.455 e. The van der Waals surface area contributed by atoms with E-state index < -0.39 is 88.6 Å². The number of esters is 2. The maximum Gasteiger partial charge on any atom is 0.429 e. The molecule has 2 fully saturated rings. The van der Waals surface area contributed by atoms with Crippen molar-refractivity contribution in [2.24, 2.45) is 10.8 Å². The Hall–Kier alpha value is -2.12. The fraction of sp³-hybridized carbons (Fsp3) is 0.913. The van der Waals surface area contributed by atoms with Crippen LogP contribution in [0.5, 0.6) is 0 Å². The summed E-state index contributed by atoms with van der Waals surface area (Å²) in [6, 6.07) is 0. The van der Waals surface area contributed by atoms with E-state index in [0.29, 0.717) is 0 Å². The number of carbonyl (C=O) groups excluding carboxylic acids is 2. The van der Waals surface area contributed by atoms with Gasteiger partial charge in [0.2, 0.25) is 6.10 Å². The highest BCUT2D eigenvalue weighted by molar-refractivity contribution is 5.76. The molecule has 0 radical (unpaired) electrons. The zero-order valence-electron chi connectivity index (χ0n) is 23.1. The standard InChI is InChI=1S/C12H15F7O3.C11H13F7O3/c1-4-8(2,3)7(20)22-6-5-9(13,14)11(21,10(6,15)16)12(17,18)19;1-4-7(2,3)6(19)21-5-8(12,13)10(20,9(5,14)15)11(16,17)18/h6,21H,4-5H2,1-3H3;5,20H,4H2,1-3H3. The SMILES string of the molecule is CCC(C)(C)C(=O)OC1C(F)(F)C(O)(C(F)(F)F)C1(F)F.CCC(C)(C)C(=O)OC1CC(F)(F)C(O)(C(F)(F)F)C1(F)F. The molecule has 2 rings (SSSR count). The second-order valence-electron chi connectivity index (χ2n) is 11.3. The largest absolute Gasteiger partial charge is 0.455 e. The quantitative estimate of drug-likeness (QED) is 0.259. The summed E-state index contributed by atoms with van der Waals surface area (Å²) >= 11 is 0. The Morgan fingerprint density at radius 1 is 0.651 bits per heavy atom. The molecule has 2 unspecified atom stereocenters. The monoisotopic (exact) mass is 666 g/mol. The Morgan fingerprint density at radius 3 is 1.26 bits per heavy atom. The van der Waals surface area contributed by atoms with Gasteiger partial charge in [-0.05, 0) is 40.5 Å². The molecule has 0 aliphatic heterocycles. The predicted octanol–water partition coefficient (Wildman–Crippen LogP) is 6.21. The lowest BCUT2D eigenvalue weighted by atomic mass is 9.68. The average molecular weight is 666 g/mol. The van der Waals surface area contributed by atoms with Crippen LogP contribution in [0.4, 0.5) is 61.5 Å². The van der Waals surface area contributed by atoms with Crippen LogP contribution < -0.4 is 0 Å². The highest BCUT2D eigenvalue weighted by Gasteiger charge is 2.97. The highest BCUT2D eigenvalue weighted by Crippen LogP contribution is 2.65. The molecule has 2 aliphatic rings. The van der Waals surface area contributed by atoms with Gasteiger partial charge in [-0.15, -0.1) is 0 Å². The van der Waals surface area contributed by atoms with Crippen LogP contribution in [0.2, 0.25) is 0 Å². The van der Waals surface area contributed by atoms with E-state index in [2.05, 4.69) is 9.47 Å². The molecule has 0 bridgehead atoms. The molecule has 2 aliphatic carbocycles. The maximum absolute atomic E-state index is 13.8. The second-order valence-corrected chi connectivity index (χ2v) is 11.3. The summed E-state index contributed by atoms with van der Waals surface area (Å²) in [4.78, 5) is 23.1. The summed E-state index contributed by atoms with van der Waals surface area (Å²) < 4.78 is 191. The van der Waals surface area contributed by atoms with Crippen LogP contribution in [0.3, 0.4) is 0 Å². The molecule has 43 heavy (non-hydrogen) atoms. The molecule has 0 spiro atoms. The first-order valence-corrected chi connectivity index (χ1v) is 12.1. The van der Waals surface area contributed by atoms with Crippen LogP contribution in [0.1, 0.15) is 60.8 Å². The number of hydrogen-bond acceptors (Lipinski definition) is 6. The summed E-state index contributed by atoms with van der Waals surface area (Å²) in [5.74, 6) is -24.1. The van der Waals surface area contributed by atoms with Gasteiger partial charge in [-0.3, -0.25) is 9.59 Å². The van der Waals surface area contributed by atoms with Crippen molar-refractivity contribution in [3.8, 4) is 0 Å². The summed E-state index contributed by atoms with van der Waals surface area (Å²) in [6.45, 7) is 7.83. The van der Waals surface area contributed by atoms with Crippen molar-refractivity contribution in [3.63, 3.8) is 0 Å². The van der Waals surface area contributed by atoms with Crippen LogP contribution >= 0.6 is 0 Å². The number of carbonyl (C=O) groups is 2. The predicted molar refractivity (Wildman–Crippen MR) is 114 cm³/mol. The van der Waals surface area contributed by atoms with Crippen LogP contribution in [0.15, 0.2) is 0 Å². The topological polar surface area (TPSA) is 93.1 Å². The number of ether oxygens (including phenoxy) is 2. The smallest absolute Gasteiger partial charge is 0.429 e. The van der Waals surface area contributed by atoms with Crippen molar-refractivity contribution in [2.75, 3.05) is 0 Å². The van der Waals surface area contributed by atoms with Gasteiger partial charge < -0.3 is 19.7 Å². The van der Waals surface area contributed by atoms with E-state index in [1.165, 1.54) is 41.5 Å². The molecular weight excluding hydrogens is 638 g/mol. The van der Waals surface area contributed by atoms with Gasteiger partial charge in [0, 0.05) is 0 Å². The molecule has 0 aromatic heterocycles. The van der Waals surface area contributed by atoms with E-state index in [9.17, 15) is 71.1 Å². The molecule has 20 heteroatoms. The van der Waals surface area contributed by atoms with Crippen LogP contribution in [0.25, 0.3) is 0 Å². The van der Waals surface area contributed by atoms with Crippen molar-refractivity contribution in [1.29, 1.82) is 0 Å². The summed E-state index contributed by atoms with van der Waals surface area (Å²) in [6.07, 6.45) is -21.3. The molecule has 254 valence electrons. The van der Waals surface area contributed by atoms with Gasteiger partial charge >= 0.3 is 42.1 Å². The molecule has 2 atom stereocenters. The van der Waals surface area contributed by atoms with Gasteiger partial charge in [-0.25, -0.2) is 8.78 Å². The Balaban J connectivity index is 0.000000430. The van der Waals surface area contributed by atoms with Crippen molar-refractivity contribution in [2.45, 2.75) is 120 Å². The third kappa shape index (κ3) is 5.62. The normalized spacial score (nSPS) is 31.3. The first-order chi connectivity index (χ1) is 18.6. The molecular formula is C23H28F14O6. The summed E-state index contributed by atoms with van der Waals surface area (Å²) in [5.41, 5.74) is -13.9. The summed E-state index contributed by atoms with van der Waals surface area (Å²) in [5, 5.41) is 17.7. The van der Waals surface area contributed by atoms with E-state index in [0.717, 1.165) is 0 Å².